The quantitative estimate of drug-likeness (QED) is 0.921. The first-order valence-electron chi connectivity index (χ1n) is 3.98. The summed E-state index contributed by atoms with van der Waals surface area (Å²) in [5, 5.41) is 18.0. The van der Waals surface area contributed by atoms with Crippen molar-refractivity contribution < 1.29 is 9.90 Å². The number of carboxylic acid groups (broad SMARTS) is 1. The van der Waals surface area contributed by atoms with E-state index in [-0.39, 0.29) is 5.69 Å². The molecule has 0 aliphatic heterocycles. The van der Waals surface area contributed by atoms with Crippen molar-refractivity contribution in [2.45, 2.75) is 0 Å². The van der Waals surface area contributed by atoms with Gasteiger partial charge in [-0.05, 0) is 34.1 Å². The van der Waals surface area contributed by atoms with E-state index in [0.717, 1.165) is 9.35 Å². The average molecular weight is 285 g/mol. The first kappa shape index (κ1) is 10.3. The minimum Gasteiger partial charge on any atom is -0.476 e. The summed E-state index contributed by atoms with van der Waals surface area (Å²) in [6.07, 6.45) is 0. The van der Waals surface area contributed by atoms with Gasteiger partial charge < -0.3 is 5.11 Å². The van der Waals surface area contributed by atoms with E-state index in [9.17, 15) is 4.79 Å². The van der Waals surface area contributed by atoms with E-state index >= 15 is 0 Å². The van der Waals surface area contributed by atoms with E-state index < -0.39 is 5.97 Å². The molecule has 0 aromatic carbocycles. The third-order valence-electron chi connectivity index (χ3n) is 1.70. The Morgan fingerprint density at radius 1 is 1.40 bits per heavy atom. The predicted molar refractivity (Wildman–Crippen MR) is 60.0 cm³/mol. The molecule has 2 rings (SSSR count). The van der Waals surface area contributed by atoms with E-state index in [0.29, 0.717) is 5.69 Å². The molecular formula is C9H5BrN2O2S. The summed E-state index contributed by atoms with van der Waals surface area (Å²) in [6.45, 7) is 0. The Labute approximate surface area is 97.7 Å². The minimum absolute atomic E-state index is 0.0469. The SMILES string of the molecule is O=C(O)c1ccc(-c2cc(Br)cs2)nn1. The highest BCUT2D eigenvalue weighted by Crippen LogP contribution is 2.27. The summed E-state index contributed by atoms with van der Waals surface area (Å²) >= 11 is 4.86. The van der Waals surface area contributed by atoms with Gasteiger partial charge in [-0.3, -0.25) is 0 Å². The molecule has 0 saturated heterocycles. The molecule has 1 N–H and O–H groups in total. The summed E-state index contributed by atoms with van der Waals surface area (Å²) in [5.74, 6) is -1.07. The van der Waals surface area contributed by atoms with Gasteiger partial charge in [0.15, 0.2) is 5.69 Å². The maximum atomic E-state index is 10.5. The van der Waals surface area contributed by atoms with Crippen molar-refractivity contribution in [3.05, 3.63) is 33.7 Å². The van der Waals surface area contributed by atoms with E-state index in [1.54, 1.807) is 6.07 Å². The Balaban J connectivity index is 2.35. The lowest BCUT2D eigenvalue weighted by Crippen LogP contribution is -2.01. The molecule has 0 saturated carbocycles. The van der Waals surface area contributed by atoms with Gasteiger partial charge in [-0.1, -0.05) is 0 Å². The molecular weight excluding hydrogens is 280 g/mol. The number of hydrogen-bond acceptors (Lipinski definition) is 4. The molecule has 0 spiro atoms. The zero-order chi connectivity index (χ0) is 10.8. The molecule has 0 atom stereocenters. The Morgan fingerprint density at radius 3 is 2.67 bits per heavy atom. The number of aromatic nitrogens is 2. The molecule has 0 radical (unpaired) electrons. The third-order valence-corrected chi connectivity index (χ3v) is 3.42. The molecule has 4 nitrogen and oxygen atoms in total. The van der Waals surface area contributed by atoms with Crippen LogP contribution < -0.4 is 0 Å². The minimum atomic E-state index is -1.07. The number of aromatic carboxylic acids is 1. The van der Waals surface area contributed by atoms with E-state index in [1.165, 1.54) is 17.4 Å². The van der Waals surface area contributed by atoms with Crippen molar-refractivity contribution in [1.29, 1.82) is 0 Å². The summed E-state index contributed by atoms with van der Waals surface area (Å²) in [4.78, 5) is 11.5. The molecule has 0 bridgehead atoms. The number of hydrogen-bond donors (Lipinski definition) is 1. The Hall–Kier alpha value is -1.27. The summed E-state index contributed by atoms with van der Waals surface area (Å²) < 4.78 is 0.978. The lowest BCUT2D eigenvalue weighted by molar-refractivity contribution is 0.0689. The van der Waals surface area contributed by atoms with Crippen LogP contribution in [0.4, 0.5) is 0 Å². The molecule has 6 heteroatoms. The van der Waals surface area contributed by atoms with Gasteiger partial charge in [0.05, 0.1) is 4.88 Å². The molecule has 2 heterocycles. The van der Waals surface area contributed by atoms with Gasteiger partial charge in [0, 0.05) is 9.85 Å². The second-order valence-corrected chi connectivity index (χ2v) is 4.57. The Bertz CT molecular complexity index is 495. The zero-order valence-electron chi connectivity index (χ0n) is 7.35. The molecule has 15 heavy (non-hydrogen) atoms. The highest BCUT2D eigenvalue weighted by atomic mass is 79.9. The number of nitrogens with zero attached hydrogens (tertiary/aromatic N) is 2. The first-order chi connectivity index (χ1) is 7.16. The molecule has 0 fully saturated rings. The number of thiophene rings is 1. The molecule has 2 aromatic heterocycles. The topological polar surface area (TPSA) is 63.1 Å². The van der Waals surface area contributed by atoms with Crippen molar-refractivity contribution in [1.82, 2.24) is 10.2 Å². The van der Waals surface area contributed by atoms with Crippen molar-refractivity contribution in [2.24, 2.45) is 0 Å². The van der Waals surface area contributed by atoms with Gasteiger partial charge in [0.2, 0.25) is 0 Å². The fourth-order valence-corrected chi connectivity index (χ4v) is 2.42. The Morgan fingerprint density at radius 2 is 2.20 bits per heavy atom. The largest absolute Gasteiger partial charge is 0.476 e. The van der Waals surface area contributed by atoms with Gasteiger partial charge >= 0.3 is 5.97 Å². The van der Waals surface area contributed by atoms with E-state index in [1.807, 2.05) is 11.4 Å². The lowest BCUT2D eigenvalue weighted by Gasteiger charge is -1.95. The van der Waals surface area contributed by atoms with Gasteiger partial charge in [-0.2, -0.15) is 0 Å². The van der Waals surface area contributed by atoms with Crippen molar-refractivity contribution in [3.63, 3.8) is 0 Å². The molecule has 0 aliphatic rings. The van der Waals surface area contributed by atoms with Gasteiger partial charge in [-0.25, -0.2) is 4.79 Å². The molecule has 0 aliphatic carbocycles. The average Bonchev–Trinajstić information content (AvgIpc) is 2.65. The maximum Gasteiger partial charge on any atom is 0.356 e. The lowest BCUT2D eigenvalue weighted by atomic mass is 10.3. The van der Waals surface area contributed by atoms with Crippen LogP contribution in [0.1, 0.15) is 10.5 Å². The van der Waals surface area contributed by atoms with Gasteiger partial charge in [0.25, 0.3) is 0 Å². The summed E-state index contributed by atoms with van der Waals surface area (Å²) in [5.41, 5.74) is 0.630. The summed E-state index contributed by atoms with van der Waals surface area (Å²) in [7, 11) is 0. The molecule has 76 valence electrons. The molecule has 2 aromatic rings. The maximum absolute atomic E-state index is 10.5. The number of carbonyl (C=O) groups is 1. The van der Waals surface area contributed by atoms with Crippen LogP contribution in [0.2, 0.25) is 0 Å². The van der Waals surface area contributed by atoms with Crippen LogP contribution >= 0.6 is 27.3 Å². The van der Waals surface area contributed by atoms with Crippen molar-refractivity contribution in [3.8, 4) is 10.6 Å². The normalized spacial score (nSPS) is 10.2. The fourth-order valence-electron chi connectivity index (χ4n) is 1.03. The van der Waals surface area contributed by atoms with Crippen LogP contribution in [0.5, 0.6) is 0 Å². The first-order valence-corrected chi connectivity index (χ1v) is 5.65. The predicted octanol–water partition coefficient (Wildman–Crippen LogP) is 2.67. The highest BCUT2D eigenvalue weighted by molar-refractivity contribution is 9.10. The second kappa shape index (κ2) is 4.08. The van der Waals surface area contributed by atoms with Crippen molar-refractivity contribution >= 4 is 33.2 Å². The summed E-state index contributed by atoms with van der Waals surface area (Å²) in [6, 6.07) is 5.00. The monoisotopic (exact) mass is 284 g/mol. The third kappa shape index (κ3) is 2.21. The Kier molecular flexibility index (Phi) is 2.79. The van der Waals surface area contributed by atoms with Crippen molar-refractivity contribution in [2.75, 3.05) is 0 Å². The highest BCUT2D eigenvalue weighted by Gasteiger charge is 2.07. The van der Waals surface area contributed by atoms with Crippen LogP contribution in [0, 0.1) is 0 Å². The van der Waals surface area contributed by atoms with Crippen LogP contribution in [0.3, 0.4) is 0 Å². The smallest absolute Gasteiger partial charge is 0.356 e. The second-order valence-electron chi connectivity index (χ2n) is 2.74. The van der Waals surface area contributed by atoms with Gasteiger partial charge in [0.1, 0.15) is 5.69 Å². The van der Waals surface area contributed by atoms with E-state index in [2.05, 4.69) is 26.1 Å². The van der Waals surface area contributed by atoms with Crippen LogP contribution in [0.25, 0.3) is 10.6 Å². The van der Waals surface area contributed by atoms with Crippen LogP contribution in [-0.4, -0.2) is 21.3 Å². The van der Waals surface area contributed by atoms with E-state index in [4.69, 9.17) is 5.11 Å². The molecule has 0 amide bonds. The zero-order valence-corrected chi connectivity index (χ0v) is 9.75. The fraction of sp³-hybridized carbons (Fsp3) is 0. The molecule has 0 unspecified atom stereocenters. The number of rotatable bonds is 2. The number of carboxylic acids is 1. The van der Waals surface area contributed by atoms with Crippen LogP contribution in [0.15, 0.2) is 28.1 Å². The van der Waals surface area contributed by atoms with Gasteiger partial charge in [-0.15, -0.1) is 21.5 Å². The van der Waals surface area contributed by atoms with Crippen LogP contribution in [-0.2, 0) is 0 Å². The standard InChI is InChI=1S/C9H5BrN2O2S/c10-5-3-8(15-4-5)6-1-2-7(9(13)14)12-11-6/h1-4H,(H,13,14). The number of halogens is 1.